The van der Waals surface area contributed by atoms with Gasteiger partial charge in [0.15, 0.2) is 11.5 Å². The third kappa shape index (κ3) is 2.80. The fourth-order valence-electron chi connectivity index (χ4n) is 2.10. The molecule has 1 unspecified atom stereocenters. The highest BCUT2D eigenvalue weighted by molar-refractivity contribution is 9.09. The summed E-state index contributed by atoms with van der Waals surface area (Å²) in [7, 11) is 3.03. The van der Waals surface area contributed by atoms with E-state index in [-0.39, 0.29) is 10.6 Å². The summed E-state index contributed by atoms with van der Waals surface area (Å²) < 4.78 is 24.6. The Morgan fingerprint density at radius 3 is 2.20 bits per heavy atom. The number of alkyl halides is 1. The number of aryl methyl sites for hydroxylation is 1. The minimum absolute atomic E-state index is 0.233. The lowest BCUT2D eigenvalue weighted by atomic mass is 9.99. The molecule has 0 amide bonds. The van der Waals surface area contributed by atoms with Crippen LogP contribution in [0.25, 0.3) is 0 Å². The molecule has 0 aromatic heterocycles. The van der Waals surface area contributed by atoms with E-state index in [2.05, 4.69) is 15.9 Å². The van der Waals surface area contributed by atoms with E-state index in [1.54, 1.807) is 6.07 Å². The molecule has 0 bridgehead atoms. The van der Waals surface area contributed by atoms with Gasteiger partial charge in [0, 0.05) is 11.6 Å². The molecule has 2 rings (SSSR count). The molecule has 2 aromatic rings. The Kier molecular flexibility index (Phi) is 4.65. The molecular formula is C16H16BrFO2. The van der Waals surface area contributed by atoms with Gasteiger partial charge in [-0.05, 0) is 24.1 Å². The lowest BCUT2D eigenvalue weighted by Gasteiger charge is -2.17. The van der Waals surface area contributed by atoms with Crippen molar-refractivity contribution in [2.24, 2.45) is 0 Å². The summed E-state index contributed by atoms with van der Waals surface area (Å²) in [6, 6.07) is 10.9. The van der Waals surface area contributed by atoms with Crippen LogP contribution in [0.2, 0.25) is 0 Å². The Bertz CT molecular complexity index is 613. The lowest BCUT2D eigenvalue weighted by molar-refractivity contribution is 0.351. The summed E-state index contributed by atoms with van der Waals surface area (Å²) in [4.78, 5) is -0.233. The van der Waals surface area contributed by atoms with Gasteiger partial charge in [-0.25, -0.2) is 4.39 Å². The van der Waals surface area contributed by atoms with E-state index in [9.17, 15) is 4.39 Å². The predicted molar refractivity (Wildman–Crippen MR) is 81.5 cm³/mol. The number of rotatable bonds is 4. The van der Waals surface area contributed by atoms with Crippen LogP contribution < -0.4 is 9.47 Å². The van der Waals surface area contributed by atoms with Crippen molar-refractivity contribution in [1.82, 2.24) is 0 Å². The second-order valence-electron chi connectivity index (χ2n) is 4.45. The third-order valence-corrected chi connectivity index (χ3v) is 4.22. The van der Waals surface area contributed by atoms with Crippen molar-refractivity contribution in [3.63, 3.8) is 0 Å². The van der Waals surface area contributed by atoms with Gasteiger partial charge in [-0.2, -0.15) is 0 Å². The van der Waals surface area contributed by atoms with E-state index in [0.717, 1.165) is 11.1 Å². The molecule has 0 aliphatic carbocycles. The molecular weight excluding hydrogens is 323 g/mol. The van der Waals surface area contributed by atoms with Crippen LogP contribution in [0.4, 0.5) is 4.39 Å². The summed E-state index contributed by atoms with van der Waals surface area (Å²) in [6.07, 6.45) is 0. The number of hydrogen-bond acceptors (Lipinski definition) is 2. The zero-order chi connectivity index (χ0) is 14.7. The summed E-state index contributed by atoms with van der Waals surface area (Å²) in [6.45, 7) is 2.00. The SMILES string of the molecule is COc1cc(F)c(C(Br)c2ccccc2C)cc1OC. The van der Waals surface area contributed by atoms with Gasteiger partial charge >= 0.3 is 0 Å². The first-order valence-corrected chi connectivity index (χ1v) is 7.11. The van der Waals surface area contributed by atoms with Crippen LogP contribution in [-0.4, -0.2) is 14.2 Å². The second-order valence-corrected chi connectivity index (χ2v) is 5.36. The van der Waals surface area contributed by atoms with Gasteiger partial charge in [0.2, 0.25) is 0 Å². The van der Waals surface area contributed by atoms with Crippen molar-refractivity contribution in [1.29, 1.82) is 0 Å². The minimum atomic E-state index is -0.326. The molecule has 20 heavy (non-hydrogen) atoms. The van der Waals surface area contributed by atoms with E-state index in [1.165, 1.54) is 20.3 Å². The van der Waals surface area contributed by atoms with Crippen LogP contribution in [0.1, 0.15) is 21.5 Å². The largest absolute Gasteiger partial charge is 0.493 e. The highest BCUT2D eigenvalue weighted by Crippen LogP contribution is 2.39. The van der Waals surface area contributed by atoms with Gasteiger partial charge in [0.05, 0.1) is 19.0 Å². The van der Waals surface area contributed by atoms with Gasteiger partial charge in [0.25, 0.3) is 0 Å². The van der Waals surface area contributed by atoms with Gasteiger partial charge in [-0.3, -0.25) is 0 Å². The Morgan fingerprint density at radius 2 is 1.60 bits per heavy atom. The Labute approximate surface area is 126 Å². The van der Waals surface area contributed by atoms with Crippen molar-refractivity contribution >= 4 is 15.9 Å². The second kappa shape index (κ2) is 6.27. The first-order chi connectivity index (χ1) is 9.58. The quantitative estimate of drug-likeness (QED) is 0.756. The Balaban J connectivity index is 2.50. The van der Waals surface area contributed by atoms with Gasteiger partial charge < -0.3 is 9.47 Å². The van der Waals surface area contributed by atoms with Gasteiger partial charge in [0.1, 0.15) is 5.82 Å². The van der Waals surface area contributed by atoms with Crippen molar-refractivity contribution in [3.8, 4) is 11.5 Å². The Morgan fingerprint density at radius 1 is 1.00 bits per heavy atom. The number of ether oxygens (including phenoxy) is 2. The van der Waals surface area contributed by atoms with E-state index >= 15 is 0 Å². The fourth-order valence-corrected chi connectivity index (χ4v) is 2.97. The van der Waals surface area contributed by atoms with Crippen LogP contribution in [0, 0.1) is 12.7 Å². The zero-order valence-corrected chi connectivity index (χ0v) is 13.2. The molecule has 2 nitrogen and oxygen atoms in total. The molecule has 0 fully saturated rings. The average molecular weight is 339 g/mol. The number of halogens is 2. The number of benzene rings is 2. The van der Waals surface area contributed by atoms with E-state index in [0.29, 0.717) is 17.1 Å². The minimum Gasteiger partial charge on any atom is -0.493 e. The normalized spacial score (nSPS) is 12.1. The molecule has 0 spiro atoms. The molecule has 2 aromatic carbocycles. The molecule has 106 valence electrons. The first kappa shape index (κ1) is 14.9. The van der Waals surface area contributed by atoms with Gasteiger partial charge in [-0.15, -0.1) is 0 Å². The molecule has 0 N–H and O–H groups in total. The number of methoxy groups -OCH3 is 2. The van der Waals surface area contributed by atoms with Crippen molar-refractivity contribution in [3.05, 3.63) is 58.9 Å². The van der Waals surface area contributed by atoms with Crippen molar-refractivity contribution in [2.45, 2.75) is 11.8 Å². The van der Waals surface area contributed by atoms with Crippen LogP contribution >= 0.6 is 15.9 Å². The van der Waals surface area contributed by atoms with Crippen molar-refractivity contribution < 1.29 is 13.9 Å². The molecule has 0 heterocycles. The molecule has 0 aliphatic rings. The van der Waals surface area contributed by atoms with E-state index < -0.39 is 0 Å². The standard InChI is InChI=1S/C16H16BrFO2/c1-10-6-4-5-7-11(10)16(17)12-8-14(19-2)15(20-3)9-13(12)18/h4-9,16H,1-3H3. The average Bonchev–Trinajstić information content (AvgIpc) is 2.46. The maximum atomic E-state index is 14.3. The van der Waals surface area contributed by atoms with Crippen LogP contribution in [0.15, 0.2) is 36.4 Å². The van der Waals surface area contributed by atoms with E-state index in [4.69, 9.17) is 9.47 Å². The summed E-state index contributed by atoms with van der Waals surface area (Å²) in [5.74, 6) is 0.577. The lowest BCUT2D eigenvalue weighted by Crippen LogP contribution is -2.01. The molecule has 0 aliphatic heterocycles. The van der Waals surface area contributed by atoms with Crippen molar-refractivity contribution in [2.75, 3.05) is 14.2 Å². The zero-order valence-electron chi connectivity index (χ0n) is 11.6. The predicted octanol–water partition coefficient (Wildman–Crippen LogP) is 4.64. The molecule has 0 radical (unpaired) electrons. The molecule has 4 heteroatoms. The number of hydrogen-bond donors (Lipinski definition) is 0. The summed E-state index contributed by atoms with van der Waals surface area (Å²) in [5, 5.41) is 0. The van der Waals surface area contributed by atoms with Crippen LogP contribution in [0.3, 0.4) is 0 Å². The summed E-state index contributed by atoms with van der Waals surface area (Å²) >= 11 is 3.57. The first-order valence-electron chi connectivity index (χ1n) is 6.19. The molecule has 0 saturated heterocycles. The van der Waals surface area contributed by atoms with Crippen LogP contribution in [-0.2, 0) is 0 Å². The molecule has 0 saturated carbocycles. The van der Waals surface area contributed by atoms with Gasteiger partial charge in [-0.1, -0.05) is 40.2 Å². The Hall–Kier alpha value is -1.55. The topological polar surface area (TPSA) is 18.5 Å². The maximum Gasteiger partial charge on any atom is 0.163 e. The maximum absolute atomic E-state index is 14.3. The smallest absolute Gasteiger partial charge is 0.163 e. The molecule has 1 atom stereocenters. The van der Waals surface area contributed by atoms with E-state index in [1.807, 2.05) is 31.2 Å². The fraction of sp³-hybridized carbons (Fsp3) is 0.250. The van der Waals surface area contributed by atoms with Crippen LogP contribution in [0.5, 0.6) is 11.5 Å². The highest BCUT2D eigenvalue weighted by atomic mass is 79.9. The third-order valence-electron chi connectivity index (χ3n) is 3.24. The summed E-state index contributed by atoms with van der Waals surface area (Å²) in [5.41, 5.74) is 2.65. The highest BCUT2D eigenvalue weighted by Gasteiger charge is 2.19. The monoisotopic (exact) mass is 338 g/mol.